The van der Waals surface area contributed by atoms with Gasteiger partial charge in [0.15, 0.2) is 5.96 Å². The zero-order valence-corrected chi connectivity index (χ0v) is 12.6. The van der Waals surface area contributed by atoms with E-state index in [9.17, 15) is 9.90 Å². The highest BCUT2D eigenvalue weighted by atomic mass is 16.4. The molecule has 6 nitrogen and oxygen atoms in total. The van der Waals surface area contributed by atoms with Crippen LogP contribution in [0.25, 0.3) is 0 Å². The van der Waals surface area contributed by atoms with E-state index in [0.717, 1.165) is 32.1 Å². The van der Waals surface area contributed by atoms with E-state index in [2.05, 4.69) is 4.99 Å². The Morgan fingerprint density at radius 1 is 1.30 bits per heavy atom. The number of nitrogens with two attached hydrogens (primary N) is 2. The summed E-state index contributed by atoms with van der Waals surface area (Å²) in [5, 5.41) is 9.62. The molecule has 1 rings (SSSR count). The van der Waals surface area contributed by atoms with Crippen molar-refractivity contribution in [3.05, 3.63) is 0 Å². The van der Waals surface area contributed by atoms with Crippen LogP contribution in [-0.4, -0.2) is 40.2 Å². The third-order valence-corrected chi connectivity index (χ3v) is 4.04. The van der Waals surface area contributed by atoms with Gasteiger partial charge in [0.25, 0.3) is 0 Å². The molecule has 0 aromatic heterocycles. The van der Waals surface area contributed by atoms with Crippen LogP contribution in [-0.2, 0) is 4.79 Å². The fraction of sp³-hybridized carbons (Fsp3) is 0.857. The molecule has 6 heteroatoms. The van der Waals surface area contributed by atoms with E-state index < -0.39 is 11.6 Å². The second-order valence-electron chi connectivity index (χ2n) is 5.70. The van der Waals surface area contributed by atoms with Crippen molar-refractivity contribution in [2.24, 2.45) is 16.5 Å². The highest BCUT2D eigenvalue weighted by Gasteiger charge is 2.42. The summed E-state index contributed by atoms with van der Waals surface area (Å²) in [6.07, 6.45) is 7.64. The molecule has 0 bridgehead atoms. The predicted molar refractivity (Wildman–Crippen MR) is 80.3 cm³/mol. The van der Waals surface area contributed by atoms with Crippen LogP contribution in [0.2, 0.25) is 0 Å². The topological polar surface area (TPSA) is 105 Å². The molecule has 0 aromatic rings. The Morgan fingerprint density at radius 2 is 1.85 bits per heavy atom. The first-order valence-electron chi connectivity index (χ1n) is 7.52. The molecule has 0 heterocycles. The average Bonchev–Trinajstić information content (AvgIpc) is 2.63. The Labute approximate surface area is 121 Å². The molecule has 1 saturated carbocycles. The van der Waals surface area contributed by atoms with Crippen molar-refractivity contribution in [3.8, 4) is 0 Å². The molecule has 116 valence electrons. The third kappa shape index (κ3) is 4.10. The zero-order chi connectivity index (χ0) is 15.2. The Hall–Kier alpha value is -1.30. The summed E-state index contributed by atoms with van der Waals surface area (Å²) in [7, 11) is 0. The van der Waals surface area contributed by atoms with Gasteiger partial charge in [-0.15, -0.1) is 0 Å². The number of carboxylic acids is 1. The summed E-state index contributed by atoms with van der Waals surface area (Å²) < 4.78 is 0. The van der Waals surface area contributed by atoms with Crippen LogP contribution in [0.5, 0.6) is 0 Å². The zero-order valence-electron chi connectivity index (χ0n) is 12.6. The molecule has 0 saturated heterocycles. The molecule has 0 unspecified atom stereocenters. The Kier molecular flexibility index (Phi) is 6.26. The fourth-order valence-corrected chi connectivity index (χ4v) is 3.05. The number of guanidine groups is 1. The molecular formula is C14H28N4O2. The minimum absolute atomic E-state index is 0.176. The summed E-state index contributed by atoms with van der Waals surface area (Å²) in [5.74, 6) is -1.17. The van der Waals surface area contributed by atoms with Gasteiger partial charge in [-0.2, -0.15) is 0 Å². The molecule has 0 aliphatic heterocycles. The summed E-state index contributed by atoms with van der Waals surface area (Å²) in [4.78, 5) is 17.7. The smallest absolute Gasteiger partial charge is 0.346 e. The van der Waals surface area contributed by atoms with Crippen molar-refractivity contribution in [3.63, 3.8) is 0 Å². The standard InChI is InChI=1S/C14H28N4O2/c1-3-10-18(11-8-6-4-5-7-9-11)14(2,12(19)20)17-13(15)16/h11H,3-10H2,1-2H3,(H,19,20)(H4,15,16,17)/t14-/m0/s1. The van der Waals surface area contributed by atoms with Crippen LogP contribution in [0.15, 0.2) is 4.99 Å². The van der Waals surface area contributed by atoms with E-state index in [4.69, 9.17) is 11.5 Å². The lowest BCUT2D eigenvalue weighted by Gasteiger charge is -2.40. The molecule has 5 N–H and O–H groups in total. The maximum Gasteiger partial charge on any atom is 0.346 e. The number of nitrogens with zero attached hydrogens (tertiary/aromatic N) is 2. The Morgan fingerprint density at radius 3 is 2.25 bits per heavy atom. The van der Waals surface area contributed by atoms with Crippen molar-refractivity contribution in [1.29, 1.82) is 0 Å². The van der Waals surface area contributed by atoms with Gasteiger partial charge < -0.3 is 16.6 Å². The van der Waals surface area contributed by atoms with Gasteiger partial charge in [-0.3, -0.25) is 4.90 Å². The van der Waals surface area contributed by atoms with E-state index in [1.54, 1.807) is 6.92 Å². The number of carbonyl (C=O) groups is 1. The van der Waals surface area contributed by atoms with Crippen LogP contribution in [0, 0.1) is 0 Å². The molecule has 0 amide bonds. The maximum absolute atomic E-state index is 11.7. The van der Waals surface area contributed by atoms with Crippen molar-refractivity contribution in [2.75, 3.05) is 6.54 Å². The second-order valence-corrected chi connectivity index (χ2v) is 5.70. The molecule has 1 fully saturated rings. The SMILES string of the molecule is CCCN(C1CCCCCC1)[C@](C)(N=C(N)N)C(=O)O. The van der Waals surface area contributed by atoms with Gasteiger partial charge in [0.05, 0.1) is 0 Å². The lowest BCUT2D eigenvalue weighted by Crippen LogP contribution is -2.57. The molecule has 1 aliphatic carbocycles. The largest absolute Gasteiger partial charge is 0.478 e. The predicted octanol–water partition coefficient (Wildman–Crippen LogP) is 1.50. The number of hydrogen-bond donors (Lipinski definition) is 3. The first kappa shape index (κ1) is 16.8. The van der Waals surface area contributed by atoms with Crippen LogP contribution >= 0.6 is 0 Å². The summed E-state index contributed by atoms with van der Waals surface area (Å²) in [5.41, 5.74) is 9.53. The number of carboxylic acid groups (broad SMARTS) is 1. The molecular weight excluding hydrogens is 256 g/mol. The van der Waals surface area contributed by atoms with Crippen molar-refractivity contribution < 1.29 is 9.90 Å². The first-order chi connectivity index (χ1) is 9.41. The number of rotatable bonds is 6. The van der Waals surface area contributed by atoms with Crippen LogP contribution in [0.3, 0.4) is 0 Å². The molecule has 0 spiro atoms. The van der Waals surface area contributed by atoms with Gasteiger partial charge in [0, 0.05) is 12.6 Å². The third-order valence-electron chi connectivity index (χ3n) is 4.04. The highest BCUT2D eigenvalue weighted by Crippen LogP contribution is 2.29. The van der Waals surface area contributed by atoms with Crippen LogP contribution in [0.4, 0.5) is 0 Å². The van der Waals surface area contributed by atoms with Gasteiger partial charge >= 0.3 is 5.97 Å². The number of aliphatic carboxylic acids is 1. The molecule has 1 atom stereocenters. The Bertz CT molecular complexity index is 347. The van der Waals surface area contributed by atoms with Crippen molar-refractivity contribution in [1.82, 2.24) is 4.90 Å². The Balaban J connectivity index is 3.06. The second kappa shape index (κ2) is 7.47. The quantitative estimate of drug-likeness (QED) is 0.389. The van der Waals surface area contributed by atoms with E-state index in [-0.39, 0.29) is 12.0 Å². The molecule has 1 aliphatic rings. The molecule has 0 radical (unpaired) electrons. The number of hydrogen-bond acceptors (Lipinski definition) is 3. The van der Waals surface area contributed by atoms with Gasteiger partial charge in [0.2, 0.25) is 5.66 Å². The lowest BCUT2D eigenvalue weighted by molar-refractivity contribution is -0.152. The monoisotopic (exact) mass is 284 g/mol. The molecule has 0 aromatic carbocycles. The number of aliphatic imine (C=N–C) groups is 1. The normalized spacial score (nSPS) is 20.1. The summed E-state index contributed by atoms with van der Waals surface area (Å²) >= 11 is 0. The van der Waals surface area contributed by atoms with Gasteiger partial charge in [-0.05, 0) is 26.2 Å². The van der Waals surface area contributed by atoms with E-state index in [1.165, 1.54) is 12.8 Å². The summed E-state index contributed by atoms with van der Waals surface area (Å²) in [6, 6.07) is 0.238. The van der Waals surface area contributed by atoms with Crippen LogP contribution < -0.4 is 11.5 Å². The first-order valence-corrected chi connectivity index (χ1v) is 7.52. The van der Waals surface area contributed by atoms with Crippen molar-refractivity contribution >= 4 is 11.9 Å². The minimum Gasteiger partial charge on any atom is -0.478 e. The van der Waals surface area contributed by atoms with Gasteiger partial charge in [0.1, 0.15) is 0 Å². The average molecular weight is 284 g/mol. The van der Waals surface area contributed by atoms with E-state index in [0.29, 0.717) is 6.54 Å². The fourth-order valence-electron chi connectivity index (χ4n) is 3.05. The minimum atomic E-state index is -1.37. The highest BCUT2D eigenvalue weighted by molar-refractivity contribution is 5.84. The van der Waals surface area contributed by atoms with E-state index in [1.807, 2.05) is 11.8 Å². The van der Waals surface area contributed by atoms with Gasteiger partial charge in [-0.25, -0.2) is 9.79 Å². The van der Waals surface area contributed by atoms with E-state index >= 15 is 0 Å². The molecule has 20 heavy (non-hydrogen) atoms. The van der Waals surface area contributed by atoms with Crippen LogP contribution in [0.1, 0.15) is 58.8 Å². The van der Waals surface area contributed by atoms with Crippen molar-refractivity contribution in [2.45, 2.75) is 70.5 Å². The maximum atomic E-state index is 11.7. The van der Waals surface area contributed by atoms with Gasteiger partial charge in [-0.1, -0.05) is 32.6 Å². The lowest BCUT2D eigenvalue weighted by atomic mass is 10.0. The summed E-state index contributed by atoms with van der Waals surface area (Å²) in [6.45, 7) is 4.32.